The molecule has 0 amide bonds. The van der Waals surface area contributed by atoms with Gasteiger partial charge in [0.1, 0.15) is 0 Å². The van der Waals surface area contributed by atoms with E-state index in [9.17, 15) is 0 Å². The van der Waals surface area contributed by atoms with E-state index >= 15 is 0 Å². The molecular weight excluding hydrogens is 267 g/mol. The Balaban J connectivity index is 2.26. The topological polar surface area (TPSA) is 24.1 Å². The predicted octanol–water partition coefficient (Wildman–Crippen LogP) is 3.51. The minimum Gasteiger partial charge on any atom is -0.313 e. The van der Waals surface area contributed by atoms with Crippen LogP contribution in [0, 0.1) is 0 Å². The molecule has 1 unspecified atom stereocenters. The van der Waals surface area contributed by atoms with Crippen molar-refractivity contribution < 1.29 is 0 Å². The summed E-state index contributed by atoms with van der Waals surface area (Å²) in [6.07, 6.45) is 0.961. The molecule has 1 atom stereocenters. The molecule has 4 heteroatoms. The maximum Gasteiger partial charge on any atom is 0.0595 e. The number of rotatable bonds is 7. The molecule has 0 saturated heterocycles. The van der Waals surface area contributed by atoms with E-state index in [-0.39, 0.29) is 0 Å². The summed E-state index contributed by atoms with van der Waals surface area (Å²) in [5.74, 6) is 0. The molecule has 1 rings (SSSR count). The zero-order chi connectivity index (χ0) is 13.5. The first kappa shape index (κ1) is 15.8. The van der Waals surface area contributed by atoms with E-state index < -0.39 is 0 Å². The fourth-order valence-electron chi connectivity index (χ4n) is 1.64. The van der Waals surface area contributed by atoms with Crippen LogP contribution in [0.2, 0.25) is 10.0 Å². The van der Waals surface area contributed by atoms with Gasteiger partial charge in [-0.2, -0.15) is 0 Å². The van der Waals surface area contributed by atoms with Crippen molar-refractivity contribution in [2.45, 2.75) is 39.3 Å². The van der Waals surface area contributed by atoms with Crippen LogP contribution in [0.1, 0.15) is 26.3 Å². The normalized spacial score (nSPS) is 13.0. The second-order valence-electron chi connectivity index (χ2n) is 4.92. The average Bonchev–Trinajstić information content (AvgIpc) is 2.31. The van der Waals surface area contributed by atoms with Gasteiger partial charge >= 0.3 is 0 Å². The van der Waals surface area contributed by atoms with E-state index in [2.05, 4.69) is 31.4 Å². The van der Waals surface area contributed by atoms with Crippen LogP contribution in [-0.4, -0.2) is 25.2 Å². The highest BCUT2D eigenvalue weighted by molar-refractivity contribution is 6.42. The van der Waals surface area contributed by atoms with Crippen LogP contribution in [0.4, 0.5) is 0 Å². The molecule has 18 heavy (non-hydrogen) atoms. The third-order valence-corrected chi connectivity index (χ3v) is 3.46. The highest BCUT2D eigenvalue weighted by atomic mass is 35.5. The van der Waals surface area contributed by atoms with Crippen molar-refractivity contribution in [1.29, 1.82) is 0 Å². The first-order valence-electron chi connectivity index (χ1n) is 6.39. The van der Waals surface area contributed by atoms with Gasteiger partial charge in [0.2, 0.25) is 0 Å². The lowest BCUT2D eigenvalue weighted by atomic mass is 10.1. The van der Waals surface area contributed by atoms with Crippen LogP contribution in [0.5, 0.6) is 0 Å². The number of halogens is 2. The maximum absolute atomic E-state index is 5.98. The molecule has 0 aliphatic rings. The highest BCUT2D eigenvalue weighted by Crippen LogP contribution is 2.22. The van der Waals surface area contributed by atoms with Crippen LogP contribution in [0.25, 0.3) is 0 Å². The van der Waals surface area contributed by atoms with Gasteiger partial charge in [0.25, 0.3) is 0 Å². The lowest BCUT2D eigenvalue weighted by molar-refractivity contribution is 0.477. The third kappa shape index (κ3) is 6.05. The van der Waals surface area contributed by atoms with Crippen LogP contribution in [0.3, 0.4) is 0 Å². The Morgan fingerprint density at radius 3 is 2.39 bits per heavy atom. The van der Waals surface area contributed by atoms with Crippen molar-refractivity contribution in [3.05, 3.63) is 33.8 Å². The minimum absolute atomic E-state index is 0.468. The van der Waals surface area contributed by atoms with Crippen molar-refractivity contribution in [2.24, 2.45) is 0 Å². The van der Waals surface area contributed by atoms with Gasteiger partial charge < -0.3 is 10.6 Å². The number of hydrogen-bond donors (Lipinski definition) is 2. The van der Waals surface area contributed by atoms with E-state index in [1.54, 1.807) is 0 Å². The largest absolute Gasteiger partial charge is 0.313 e. The van der Waals surface area contributed by atoms with E-state index in [4.69, 9.17) is 23.2 Å². The summed E-state index contributed by atoms with van der Waals surface area (Å²) < 4.78 is 0. The quantitative estimate of drug-likeness (QED) is 0.802. The van der Waals surface area contributed by atoms with Crippen molar-refractivity contribution >= 4 is 23.2 Å². The Kier molecular flexibility index (Phi) is 7.02. The zero-order valence-corrected chi connectivity index (χ0v) is 12.8. The molecular formula is C14H22Cl2N2. The molecule has 0 aliphatic carbocycles. The summed E-state index contributed by atoms with van der Waals surface area (Å²) in [6, 6.07) is 6.80. The molecule has 0 radical (unpaired) electrons. The summed E-state index contributed by atoms with van der Waals surface area (Å²) in [5, 5.41) is 8.13. The van der Waals surface area contributed by atoms with E-state index in [1.807, 2.05) is 18.2 Å². The second-order valence-corrected chi connectivity index (χ2v) is 5.73. The fourth-order valence-corrected chi connectivity index (χ4v) is 1.96. The Morgan fingerprint density at radius 2 is 1.78 bits per heavy atom. The zero-order valence-electron chi connectivity index (χ0n) is 11.3. The fraction of sp³-hybridized carbons (Fsp3) is 0.571. The van der Waals surface area contributed by atoms with Crippen molar-refractivity contribution in [2.75, 3.05) is 13.1 Å². The van der Waals surface area contributed by atoms with Gasteiger partial charge in [-0.15, -0.1) is 0 Å². The Hall–Kier alpha value is -0.280. The Bertz CT molecular complexity index is 367. The van der Waals surface area contributed by atoms with Crippen molar-refractivity contribution in [3.63, 3.8) is 0 Å². The number of hydrogen-bond acceptors (Lipinski definition) is 2. The van der Waals surface area contributed by atoms with Crippen LogP contribution in [0.15, 0.2) is 18.2 Å². The second kappa shape index (κ2) is 8.00. The van der Waals surface area contributed by atoms with E-state index in [0.717, 1.165) is 19.5 Å². The summed E-state index contributed by atoms with van der Waals surface area (Å²) in [7, 11) is 0. The first-order valence-corrected chi connectivity index (χ1v) is 7.15. The van der Waals surface area contributed by atoms with Crippen molar-refractivity contribution in [3.8, 4) is 0 Å². The Morgan fingerprint density at radius 1 is 1.06 bits per heavy atom. The van der Waals surface area contributed by atoms with Crippen LogP contribution < -0.4 is 10.6 Å². The molecule has 0 fully saturated rings. The van der Waals surface area contributed by atoms with Gasteiger partial charge in [0.15, 0.2) is 0 Å². The summed E-state index contributed by atoms with van der Waals surface area (Å²) >= 11 is 11.9. The third-order valence-electron chi connectivity index (χ3n) is 2.72. The molecule has 2 N–H and O–H groups in total. The van der Waals surface area contributed by atoms with Gasteiger partial charge in [0.05, 0.1) is 10.0 Å². The van der Waals surface area contributed by atoms with Crippen molar-refractivity contribution in [1.82, 2.24) is 10.6 Å². The lowest BCUT2D eigenvalue weighted by Crippen LogP contribution is -2.39. The SMILES string of the molecule is CC(C)NCC(C)NCCc1ccc(Cl)c(Cl)c1. The minimum atomic E-state index is 0.468. The maximum atomic E-state index is 5.98. The monoisotopic (exact) mass is 288 g/mol. The smallest absolute Gasteiger partial charge is 0.0595 e. The molecule has 1 aromatic carbocycles. The van der Waals surface area contributed by atoms with Gasteiger partial charge in [-0.3, -0.25) is 0 Å². The molecule has 102 valence electrons. The standard InChI is InChI=1S/C14H22Cl2N2/c1-10(2)18-9-11(3)17-7-6-12-4-5-13(15)14(16)8-12/h4-5,8,10-11,17-18H,6-7,9H2,1-3H3. The summed E-state index contributed by atoms with van der Waals surface area (Å²) in [5.41, 5.74) is 1.21. The summed E-state index contributed by atoms with van der Waals surface area (Å²) in [6.45, 7) is 8.42. The molecule has 0 aromatic heterocycles. The van der Waals surface area contributed by atoms with Crippen LogP contribution >= 0.6 is 23.2 Å². The van der Waals surface area contributed by atoms with E-state index in [1.165, 1.54) is 5.56 Å². The first-order chi connectivity index (χ1) is 8.49. The molecule has 0 saturated carbocycles. The Labute approximate surface area is 120 Å². The molecule has 1 aromatic rings. The average molecular weight is 289 g/mol. The molecule has 0 bridgehead atoms. The molecule has 0 aliphatic heterocycles. The van der Waals surface area contributed by atoms with Gasteiger partial charge in [-0.1, -0.05) is 43.1 Å². The number of benzene rings is 1. The predicted molar refractivity (Wildman–Crippen MR) is 80.8 cm³/mol. The van der Waals surface area contributed by atoms with Crippen LogP contribution in [-0.2, 0) is 6.42 Å². The summed E-state index contributed by atoms with van der Waals surface area (Å²) in [4.78, 5) is 0. The molecule has 0 heterocycles. The highest BCUT2D eigenvalue weighted by Gasteiger charge is 2.03. The van der Waals surface area contributed by atoms with Gasteiger partial charge in [-0.25, -0.2) is 0 Å². The molecule has 2 nitrogen and oxygen atoms in total. The van der Waals surface area contributed by atoms with Gasteiger partial charge in [-0.05, 0) is 37.6 Å². The van der Waals surface area contributed by atoms with Gasteiger partial charge in [0, 0.05) is 18.6 Å². The lowest BCUT2D eigenvalue weighted by Gasteiger charge is -2.16. The van der Waals surface area contributed by atoms with E-state index in [0.29, 0.717) is 22.1 Å². The molecule has 0 spiro atoms. The number of nitrogens with one attached hydrogen (secondary N) is 2.